The summed E-state index contributed by atoms with van der Waals surface area (Å²) in [4.78, 5) is 21.4. The molecule has 0 saturated heterocycles. The van der Waals surface area contributed by atoms with E-state index in [2.05, 4.69) is 20.4 Å². The minimum atomic E-state index is -0.296. The molecule has 3 fully saturated rings. The third kappa shape index (κ3) is 2.17. The van der Waals surface area contributed by atoms with Crippen LogP contribution >= 0.6 is 0 Å². The number of nitrogens with zero attached hydrogens (tertiary/aromatic N) is 4. The summed E-state index contributed by atoms with van der Waals surface area (Å²) in [6.45, 7) is 0.180. The van der Waals surface area contributed by atoms with Crippen molar-refractivity contribution in [2.75, 3.05) is 11.9 Å². The van der Waals surface area contributed by atoms with E-state index >= 15 is 0 Å². The first-order valence-corrected chi connectivity index (χ1v) is 8.68. The fourth-order valence-corrected chi connectivity index (χ4v) is 4.48. The van der Waals surface area contributed by atoms with Gasteiger partial charge in [0, 0.05) is 42.6 Å². The van der Waals surface area contributed by atoms with E-state index in [1.165, 1.54) is 0 Å². The number of rotatable bonds is 4. The molecule has 3 aliphatic carbocycles. The third-order valence-electron chi connectivity index (χ3n) is 5.80. The highest BCUT2D eigenvalue weighted by Gasteiger charge is 2.71. The largest absolute Gasteiger partial charge is 0.396 e. The summed E-state index contributed by atoms with van der Waals surface area (Å²) in [7, 11) is 1.88. The lowest BCUT2D eigenvalue weighted by molar-refractivity contribution is -0.216. The first kappa shape index (κ1) is 15.5. The van der Waals surface area contributed by atoms with Crippen molar-refractivity contribution in [1.82, 2.24) is 19.7 Å². The molecule has 132 valence electrons. The lowest BCUT2D eigenvalue weighted by Gasteiger charge is -2.68. The van der Waals surface area contributed by atoms with Gasteiger partial charge in [-0.1, -0.05) is 0 Å². The van der Waals surface area contributed by atoms with E-state index in [1.807, 2.05) is 25.4 Å². The van der Waals surface area contributed by atoms with Gasteiger partial charge in [0.2, 0.25) is 5.91 Å². The molecule has 0 aliphatic heterocycles. The summed E-state index contributed by atoms with van der Waals surface area (Å²) in [5, 5.41) is 17.4. The molecule has 2 bridgehead atoms. The zero-order chi connectivity index (χ0) is 17.9. The van der Waals surface area contributed by atoms with E-state index in [4.69, 9.17) is 0 Å². The summed E-state index contributed by atoms with van der Waals surface area (Å²) >= 11 is 0. The minimum absolute atomic E-state index is 0.0102. The van der Waals surface area contributed by atoms with E-state index in [9.17, 15) is 9.90 Å². The van der Waals surface area contributed by atoms with Gasteiger partial charge in [-0.3, -0.25) is 14.5 Å². The molecule has 0 spiro atoms. The van der Waals surface area contributed by atoms with E-state index in [1.54, 1.807) is 23.3 Å². The van der Waals surface area contributed by atoms with Crippen LogP contribution in [0.15, 0.2) is 36.9 Å². The molecule has 7 heteroatoms. The molecule has 0 atom stereocenters. The number of anilines is 1. The number of aromatic nitrogens is 4. The Morgan fingerprint density at radius 1 is 1.19 bits per heavy atom. The molecule has 3 aliphatic rings. The Kier molecular flexibility index (Phi) is 3.04. The third-order valence-corrected chi connectivity index (χ3v) is 5.80. The number of aliphatic hydroxyl groups excluding tert-OH is 1. The highest BCUT2D eigenvalue weighted by atomic mass is 16.3. The summed E-state index contributed by atoms with van der Waals surface area (Å²) in [6, 6.07) is 3.88. The molecule has 0 aromatic carbocycles. The first-order chi connectivity index (χ1) is 12.5. The number of hydrogen-bond acceptors (Lipinski definition) is 5. The summed E-state index contributed by atoms with van der Waals surface area (Å²) in [5.41, 5.74) is 2.46. The molecule has 3 aromatic rings. The van der Waals surface area contributed by atoms with Crippen LogP contribution in [0, 0.1) is 10.8 Å². The zero-order valence-corrected chi connectivity index (χ0v) is 14.4. The van der Waals surface area contributed by atoms with Crippen LogP contribution in [-0.2, 0) is 11.8 Å². The maximum atomic E-state index is 12.6. The molecule has 26 heavy (non-hydrogen) atoms. The van der Waals surface area contributed by atoms with Crippen LogP contribution in [0.2, 0.25) is 0 Å². The molecular weight excluding hydrogens is 330 g/mol. The van der Waals surface area contributed by atoms with Crippen LogP contribution in [0.4, 0.5) is 5.82 Å². The Morgan fingerprint density at radius 2 is 2.00 bits per heavy atom. The second kappa shape index (κ2) is 5.11. The molecular formula is C19H19N5O2. The average molecular weight is 349 g/mol. The number of pyridine rings is 2. The topological polar surface area (TPSA) is 92.9 Å². The molecule has 3 saturated carbocycles. The van der Waals surface area contributed by atoms with E-state index < -0.39 is 0 Å². The molecule has 3 heterocycles. The van der Waals surface area contributed by atoms with Gasteiger partial charge in [0.15, 0.2) is 0 Å². The Hall–Kier alpha value is -2.80. The van der Waals surface area contributed by atoms with Gasteiger partial charge in [-0.25, -0.2) is 4.98 Å². The number of aryl methyl sites for hydroxylation is 1. The summed E-state index contributed by atoms with van der Waals surface area (Å²) in [6.07, 6.45) is 9.55. The van der Waals surface area contributed by atoms with Crippen molar-refractivity contribution in [3.8, 4) is 11.1 Å². The molecule has 6 rings (SSSR count). The Labute approximate surface area is 150 Å². The van der Waals surface area contributed by atoms with Gasteiger partial charge in [0.1, 0.15) is 5.82 Å². The number of amides is 1. The Balaban J connectivity index is 1.40. The second-order valence-corrected chi connectivity index (χ2v) is 7.81. The van der Waals surface area contributed by atoms with E-state index in [-0.39, 0.29) is 23.3 Å². The highest BCUT2D eigenvalue weighted by molar-refractivity contribution is 5.98. The van der Waals surface area contributed by atoms with Crippen molar-refractivity contribution in [1.29, 1.82) is 0 Å². The van der Waals surface area contributed by atoms with Gasteiger partial charge in [-0.05, 0) is 36.8 Å². The second-order valence-electron chi connectivity index (χ2n) is 7.81. The zero-order valence-electron chi connectivity index (χ0n) is 14.4. The molecule has 2 N–H and O–H groups in total. The van der Waals surface area contributed by atoms with Crippen LogP contribution in [-0.4, -0.2) is 37.4 Å². The lowest BCUT2D eigenvalue weighted by atomic mass is 9.35. The first-order valence-electron chi connectivity index (χ1n) is 8.68. The van der Waals surface area contributed by atoms with Crippen LogP contribution in [0.1, 0.15) is 19.3 Å². The van der Waals surface area contributed by atoms with Crippen LogP contribution < -0.4 is 5.32 Å². The van der Waals surface area contributed by atoms with Gasteiger partial charge in [0.05, 0.1) is 23.3 Å². The van der Waals surface area contributed by atoms with Crippen molar-refractivity contribution in [2.24, 2.45) is 17.9 Å². The lowest BCUT2D eigenvalue weighted by Crippen LogP contribution is -2.68. The normalized spacial score (nSPS) is 26.2. The molecule has 0 radical (unpaired) electrons. The Bertz CT molecular complexity index is 1020. The smallest absolute Gasteiger partial charge is 0.231 e. The van der Waals surface area contributed by atoms with Crippen molar-refractivity contribution in [3.63, 3.8) is 0 Å². The highest BCUT2D eigenvalue weighted by Crippen LogP contribution is 2.73. The SMILES string of the molecule is Cn1cc(-c2cnc3cnc(NC(=O)C45CC(CO)(C4)C5)cc3c2)cn1. The fourth-order valence-electron chi connectivity index (χ4n) is 4.48. The van der Waals surface area contributed by atoms with Crippen LogP contribution in [0.3, 0.4) is 0 Å². The standard InChI is InChI=1S/C19H19N5O2/c1-24-7-14(5-22-24)13-2-12-3-16(21-6-15(12)20-4-13)23-17(26)19-8-18(9-19,10-19)11-25/h2-7,25H,8-11H2,1H3,(H,21,23,26). The van der Waals surface area contributed by atoms with E-state index in [0.29, 0.717) is 5.82 Å². The average Bonchev–Trinajstić information content (AvgIpc) is 2.99. The number of aliphatic hydroxyl groups is 1. The van der Waals surface area contributed by atoms with Gasteiger partial charge < -0.3 is 10.4 Å². The molecule has 7 nitrogen and oxygen atoms in total. The number of nitrogens with one attached hydrogen (secondary N) is 1. The quantitative estimate of drug-likeness (QED) is 0.753. The number of carbonyl (C=O) groups is 1. The van der Waals surface area contributed by atoms with Crippen molar-refractivity contribution in [3.05, 3.63) is 36.9 Å². The van der Waals surface area contributed by atoms with Crippen molar-refractivity contribution in [2.45, 2.75) is 19.3 Å². The summed E-state index contributed by atoms with van der Waals surface area (Å²) < 4.78 is 1.75. The minimum Gasteiger partial charge on any atom is -0.396 e. The van der Waals surface area contributed by atoms with Crippen LogP contribution in [0.5, 0.6) is 0 Å². The van der Waals surface area contributed by atoms with Gasteiger partial charge in [-0.15, -0.1) is 0 Å². The molecule has 0 unspecified atom stereocenters. The van der Waals surface area contributed by atoms with Crippen LogP contribution in [0.25, 0.3) is 22.0 Å². The van der Waals surface area contributed by atoms with Gasteiger partial charge >= 0.3 is 0 Å². The molecule has 1 amide bonds. The van der Waals surface area contributed by atoms with E-state index in [0.717, 1.165) is 41.3 Å². The Morgan fingerprint density at radius 3 is 2.69 bits per heavy atom. The maximum absolute atomic E-state index is 12.6. The monoisotopic (exact) mass is 349 g/mol. The van der Waals surface area contributed by atoms with Gasteiger partial charge in [-0.2, -0.15) is 5.10 Å². The number of carbonyl (C=O) groups excluding carboxylic acids is 1. The predicted octanol–water partition coefficient (Wildman–Crippen LogP) is 2.13. The van der Waals surface area contributed by atoms with Gasteiger partial charge in [0.25, 0.3) is 0 Å². The predicted molar refractivity (Wildman–Crippen MR) is 96.2 cm³/mol. The van der Waals surface area contributed by atoms with Crippen molar-refractivity contribution < 1.29 is 9.90 Å². The molecule has 3 aromatic heterocycles. The number of fused-ring (bicyclic) bond motifs is 1. The fraction of sp³-hybridized carbons (Fsp3) is 0.368. The maximum Gasteiger partial charge on any atom is 0.231 e. The van der Waals surface area contributed by atoms with Crippen molar-refractivity contribution >= 4 is 22.6 Å². The summed E-state index contributed by atoms with van der Waals surface area (Å²) in [5.74, 6) is 0.548. The number of hydrogen-bond donors (Lipinski definition) is 2.